The van der Waals surface area contributed by atoms with E-state index >= 15 is 0 Å². The van der Waals surface area contributed by atoms with Crippen LogP contribution in [0.1, 0.15) is 64.0 Å². The molecule has 0 aliphatic heterocycles. The minimum Gasteiger partial charge on any atom is -0.461 e. The fourth-order valence-corrected chi connectivity index (χ4v) is 5.21. The Bertz CT molecular complexity index is 1070. The third-order valence-corrected chi connectivity index (χ3v) is 6.86. The van der Waals surface area contributed by atoms with Crippen molar-refractivity contribution in [2.75, 3.05) is 6.54 Å². The molecule has 1 unspecified atom stereocenters. The van der Waals surface area contributed by atoms with E-state index in [1.54, 1.807) is 39.0 Å². The first-order valence-electron chi connectivity index (χ1n) is 12.6. The van der Waals surface area contributed by atoms with Crippen molar-refractivity contribution in [3.8, 4) is 0 Å². The summed E-state index contributed by atoms with van der Waals surface area (Å²) in [5.74, 6) is -1.72. The smallest absolute Gasteiger partial charge is 0.311 e. The van der Waals surface area contributed by atoms with Gasteiger partial charge in [0.25, 0.3) is 0 Å². The van der Waals surface area contributed by atoms with Crippen molar-refractivity contribution >= 4 is 41.0 Å². The lowest BCUT2D eigenvalue weighted by molar-refractivity contribution is -0.160. The highest BCUT2D eigenvalue weighted by atomic mass is 35.5. The van der Waals surface area contributed by atoms with Crippen molar-refractivity contribution in [3.63, 3.8) is 0 Å². The summed E-state index contributed by atoms with van der Waals surface area (Å²) < 4.78 is 11.1. The molecule has 37 heavy (non-hydrogen) atoms. The Labute approximate surface area is 229 Å². The molecule has 3 rings (SSSR count). The van der Waals surface area contributed by atoms with Crippen molar-refractivity contribution in [1.82, 2.24) is 5.32 Å². The zero-order chi connectivity index (χ0) is 27.1. The maximum absolute atomic E-state index is 13.4. The molecule has 8 heteroatoms. The van der Waals surface area contributed by atoms with Gasteiger partial charge in [0.2, 0.25) is 5.91 Å². The van der Waals surface area contributed by atoms with Gasteiger partial charge in [-0.25, -0.2) is 0 Å². The fourth-order valence-electron chi connectivity index (χ4n) is 4.64. The normalized spacial score (nSPS) is 15.6. The van der Waals surface area contributed by atoms with Crippen LogP contribution < -0.4 is 5.32 Å². The topological polar surface area (TPSA) is 81.7 Å². The van der Waals surface area contributed by atoms with Crippen LogP contribution in [0, 0.1) is 11.3 Å². The van der Waals surface area contributed by atoms with Crippen LogP contribution in [0.5, 0.6) is 0 Å². The number of amides is 1. The summed E-state index contributed by atoms with van der Waals surface area (Å²) in [5.41, 5.74) is 0.135. The predicted molar refractivity (Wildman–Crippen MR) is 144 cm³/mol. The Balaban J connectivity index is 1.67. The van der Waals surface area contributed by atoms with Gasteiger partial charge in [0.05, 0.1) is 17.8 Å². The first-order chi connectivity index (χ1) is 17.5. The van der Waals surface area contributed by atoms with Gasteiger partial charge in [0, 0.05) is 16.6 Å². The molecular weight excluding hydrogens is 513 g/mol. The minimum atomic E-state index is -0.842. The maximum Gasteiger partial charge on any atom is 0.311 e. The van der Waals surface area contributed by atoms with Crippen LogP contribution in [-0.4, -0.2) is 30.0 Å². The second-order valence-electron chi connectivity index (χ2n) is 10.7. The van der Waals surface area contributed by atoms with Gasteiger partial charge in [0.1, 0.15) is 12.2 Å². The first kappa shape index (κ1) is 29.0. The molecule has 6 nitrogen and oxygen atoms in total. The monoisotopic (exact) mass is 547 g/mol. The molecule has 0 radical (unpaired) electrons. The molecule has 1 fully saturated rings. The molecule has 0 aromatic heterocycles. The lowest BCUT2D eigenvalue weighted by Gasteiger charge is -2.29. The zero-order valence-electron chi connectivity index (χ0n) is 21.7. The molecular formula is C29H35Cl2NO5. The second kappa shape index (κ2) is 12.8. The van der Waals surface area contributed by atoms with E-state index in [9.17, 15) is 14.4 Å². The average molecular weight is 549 g/mol. The summed E-state index contributed by atoms with van der Waals surface area (Å²) in [5, 5.41) is 3.88. The molecule has 2 aromatic carbocycles. The molecule has 1 amide bonds. The predicted octanol–water partition coefficient (Wildman–Crippen LogP) is 6.30. The SMILES string of the molecule is CC(C)(C)OC(=O)C(CNC(=O)C1(CC(=O)OCc2ccccc2)CCCC1)Cc1cc(Cl)cc(Cl)c1. The van der Waals surface area contributed by atoms with Crippen molar-refractivity contribution < 1.29 is 23.9 Å². The standard InChI is InChI=1S/C29H35Cl2NO5/c1-28(2,3)37-26(34)22(13-21-14-23(30)16-24(31)15-21)18-32-27(35)29(11-7-8-12-29)17-25(33)36-19-20-9-5-4-6-10-20/h4-6,9-10,14-16,22H,7-8,11-13,17-19H2,1-3H3,(H,32,35). The van der Waals surface area contributed by atoms with Gasteiger partial charge in [-0.1, -0.05) is 66.4 Å². The molecule has 200 valence electrons. The van der Waals surface area contributed by atoms with Crippen LogP contribution in [0.2, 0.25) is 10.0 Å². The highest BCUT2D eigenvalue weighted by Crippen LogP contribution is 2.42. The summed E-state index contributed by atoms with van der Waals surface area (Å²) in [6.45, 7) is 5.63. The number of ether oxygens (including phenoxy) is 2. The molecule has 1 saturated carbocycles. The molecule has 0 spiro atoms. The number of hydrogen-bond acceptors (Lipinski definition) is 5. The van der Waals surface area contributed by atoms with E-state index in [4.69, 9.17) is 32.7 Å². The summed E-state index contributed by atoms with van der Waals surface area (Å²) in [7, 11) is 0. The van der Waals surface area contributed by atoms with E-state index in [2.05, 4.69) is 5.32 Å². The van der Waals surface area contributed by atoms with Gasteiger partial charge in [-0.2, -0.15) is 0 Å². The van der Waals surface area contributed by atoms with Crippen LogP contribution in [0.25, 0.3) is 0 Å². The highest BCUT2D eigenvalue weighted by molar-refractivity contribution is 6.34. The van der Waals surface area contributed by atoms with Gasteiger partial charge < -0.3 is 14.8 Å². The number of benzene rings is 2. The highest BCUT2D eigenvalue weighted by Gasteiger charge is 2.43. The molecule has 1 N–H and O–H groups in total. The van der Waals surface area contributed by atoms with Crippen molar-refractivity contribution in [1.29, 1.82) is 0 Å². The number of nitrogens with one attached hydrogen (secondary N) is 1. The fraction of sp³-hybridized carbons (Fsp3) is 0.483. The molecule has 1 aliphatic rings. The van der Waals surface area contributed by atoms with E-state index in [-0.39, 0.29) is 25.5 Å². The number of carbonyl (C=O) groups is 3. The number of carbonyl (C=O) groups excluding carboxylic acids is 3. The Morgan fingerprint density at radius 1 is 0.973 bits per heavy atom. The second-order valence-corrected chi connectivity index (χ2v) is 11.6. The summed E-state index contributed by atoms with van der Waals surface area (Å²) in [6, 6.07) is 14.5. The van der Waals surface area contributed by atoms with E-state index in [1.165, 1.54) is 0 Å². The molecule has 0 saturated heterocycles. The molecule has 1 atom stereocenters. The summed E-state index contributed by atoms with van der Waals surface area (Å²) >= 11 is 12.3. The molecule has 1 aliphatic carbocycles. The van der Waals surface area contributed by atoms with Crippen LogP contribution >= 0.6 is 23.2 Å². The third-order valence-electron chi connectivity index (χ3n) is 6.42. The van der Waals surface area contributed by atoms with Crippen LogP contribution in [0.3, 0.4) is 0 Å². The van der Waals surface area contributed by atoms with Crippen molar-refractivity contribution in [2.24, 2.45) is 11.3 Å². The van der Waals surface area contributed by atoms with E-state index in [0.29, 0.717) is 29.3 Å². The Kier molecular flexibility index (Phi) is 10.0. The summed E-state index contributed by atoms with van der Waals surface area (Å²) in [6.07, 6.45) is 3.21. The van der Waals surface area contributed by atoms with Gasteiger partial charge in [-0.05, 0) is 69.4 Å². The van der Waals surface area contributed by atoms with Gasteiger partial charge in [0.15, 0.2) is 0 Å². The van der Waals surface area contributed by atoms with Crippen LogP contribution in [0.15, 0.2) is 48.5 Å². The Hall–Kier alpha value is -2.57. The van der Waals surface area contributed by atoms with E-state index in [0.717, 1.165) is 24.0 Å². The summed E-state index contributed by atoms with van der Waals surface area (Å²) in [4.78, 5) is 39.2. The molecule has 2 aromatic rings. The minimum absolute atomic E-state index is 0.00662. The van der Waals surface area contributed by atoms with Crippen molar-refractivity contribution in [2.45, 2.75) is 71.5 Å². The third kappa shape index (κ3) is 9.04. The van der Waals surface area contributed by atoms with Crippen molar-refractivity contribution in [3.05, 3.63) is 69.7 Å². The first-order valence-corrected chi connectivity index (χ1v) is 13.4. The van der Waals surface area contributed by atoms with E-state index < -0.39 is 28.9 Å². The molecule has 0 bridgehead atoms. The lowest BCUT2D eigenvalue weighted by Crippen LogP contribution is -2.45. The van der Waals surface area contributed by atoms with Crippen LogP contribution in [0.4, 0.5) is 0 Å². The van der Waals surface area contributed by atoms with Gasteiger partial charge in [-0.15, -0.1) is 0 Å². The average Bonchev–Trinajstić information content (AvgIpc) is 3.28. The molecule has 0 heterocycles. The Morgan fingerprint density at radius 3 is 2.19 bits per heavy atom. The largest absolute Gasteiger partial charge is 0.461 e. The van der Waals surface area contributed by atoms with Gasteiger partial charge in [-0.3, -0.25) is 14.4 Å². The maximum atomic E-state index is 13.4. The Morgan fingerprint density at radius 2 is 1.59 bits per heavy atom. The van der Waals surface area contributed by atoms with Gasteiger partial charge >= 0.3 is 11.9 Å². The zero-order valence-corrected chi connectivity index (χ0v) is 23.2. The van der Waals surface area contributed by atoms with Crippen LogP contribution in [-0.2, 0) is 36.9 Å². The van der Waals surface area contributed by atoms with E-state index in [1.807, 2.05) is 30.3 Å². The lowest BCUT2D eigenvalue weighted by atomic mass is 9.81. The number of halogens is 2. The number of esters is 2. The number of hydrogen-bond donors (Lipinski definition) is 1. The quantitative estimate of drug-likeness (QED) is 0.352. The number of rotatable bonds is 10.